The standard InChI is InChI=1S/C7H12F2N2O3/c8-7(9)4(10)1-2-5(12)11-3-6(13)14/h4,7H,1-3,10H2,(H,11,12)(H,13,14). The minimum Gasteiger partial charge on any atom is -0.480 e. The van der Waals surface area contributed by atoms with Crippen LogP contribution in [0.5, 0.6) is 0 Å². The van der Waals surface area contributed by atoms with Crippen LogP contribution in [0.15, 0.2) is 0 Å². The minimum absolute atomic E-state index is 0.164. The maximum absolute atomic E-state index is 11.8. The zero-order chi connectivity index (χ0) is 11.1. The van der Waals surface area contributed by atoms with Crippen LogP contribution < -0.4 is 11.1 Å². The van der Waals surface area contributed by atoms with Gasteiger partial charge in [0.2, 0.25) is 5.91 Å². The second kappa shape index (κ2) is 6.25. The highest BCUT2D eigenvalue weighted by Crippen LogP contribution is 2.04. The van der Waals surface area contributed by atoms with E-state index >= 15 is 0 Å². The first-order chi connectivity index (χ1) is 6.43. The van der Waals surface area contributed by atoms with Crippen LogP contribution in [0.4, 0.5) is 8.78 Å². The number of hydrogen-bond donors (Lipinski definition) is 3. The van der Waals surface area contributed by atoms with Gasteiger partial charge in [-0.15, -0.1) is 0 Å². The fourth-order valence-corrected chi connectivity index (χ4v) is 0.686. The fraction of sp³-hybridized carbons (Fsp3) is 0.714. The van der Waals surface area contributed by atoms with Crippen molar-refractivity contribution in [3.8, 4) is 0 Å². The van der Waals surface area contributed by atoms with Crippen molar-refractivity contribution in [1.82, 2.24) is 5.32 Å². The van der Waals surface area contributed by atoms with Crippen molar-refractivity contribution in [1.29, 1.82) is 0 Å². The average Bonchev–Trinajstić information content (AvgIpc) is 2.10. The molecule has 0 aromatic rings. The Labute approximate surface area is 79.3 Å². The second-order valence-corrected chi connectivity index (χ2v) is 2.71. The zero-order valence-corrected chi connectivity index (χ0v) is 7.37. The number of carbonyl (C=O) groups excluding carboxylic acids is 1. The lowest BCUT2D eigenvalue weighted by Crippen LogP contribution is -2.33. The Morgan fingerprint density at radius 1 is 1.43 bits per heavy atom. The van der Waals surface area contributed by atoms with Gasteiger partial charge in [-0.1, -0.05) is 0 Å². The number of halogens is 2. The molecule has 0 rings (SSSR count). The summed E-state index contributed by atoms with van der Waals surface area (Å²) < 4.78 is 23.7. The molecule has 0 fully saturated rings. The number of rotatable bonds is 6. The number of hydrogen-bond acceptors (Lipinski definition) is 3. The summed E-state index contributed by atoms with van der Waals surface area (Å²) in [5.74, 6) is -1.78. The van der Waals surface area contributed by atoms with Gasteiger partial charge in [0.15, 0.2) is 0 Å². The molecule has 82 valence electrons. The van der Waals surface area contributed by atoms with Crippen LogP contribution in [0.1, 0.15) is 12.8 Å². The average molecular weight is 210 g/mol. The van der Waals surface area contributed by atoms with Gasteiger partial charge in [-0.25, -0.2) is 8.78 Å². The van der Waals surface area contributed by atoms with Crippen molar-refractivity contribution >= 4 is 11.9 Å². The number of amides is 1. The molecule has 5 nitrogen and oxygen atoms in total. The van der Waals surface area contributed by atoms with Gasteiger partial charge in [0.05, 0.1) is 6.04 Å². The van der Waals surface area contributed by atoms with Crippen molar-refractivity contribution in [3.63, 3.8) is 0 Å². The molecular formula is C7H12F2N2O3. The van der Waals surface area contributed by atoms with Crippen LogP contribution in [0.2, 0.25) is 0 Å². The lowest BCUT2D eigenvalue weighted by molar-refractivity contribution is -0.138. The van der Waals surface area contributed by atoms with Crippen LogP contribution in [-0.4, -0.2) is 36.0 Å². The summed E-state index contributed by atoms with van der Waals surface area (Å²) in [6.45, 7) is -0.511. The molecule has 0 saturated heterocycles. The van der Waals surface area contributed by atoms with Gasteiger partial charge in [-0.05, 0) is 6.42 Å². The van der Waals surface area contributed by atoms with Gasteiger partial charge in [-0.2, -0.15) is 0 Å². The molecule has 1 atom stereocenters. The van der Waals surface area contributed by atoms with E-state index in [2.05, 4.69) is 0 Å². The summed E-state index contributed by atoms with van der Waals surface area (Å²) in [7, 11) is 0. The number of carbonyl (C=O) groups is 2. The van der Waals surface area contributed by atoms with Crippen LogP contribution in [-0.2, 0) is 9.59 Å². The van der Waals surface area contributed by atoms with E-state index in [1.54, 1.807) is 0 Å². The molecule has 1 unspecified atom stereocenters. The lowest BCUT2D eigenvalue weighted by Gasteiger charge is -2.09. The molecule has 0 heterocycles. The Bertz CT molecular complexity index is 211. The molecule has 1 amide bonds. The van der Waals surface area contributed by atoms with Gasteiger partial charge >= 0.3 is 5.97 Å². The predicted molar refractivity (Wildman–Crippen MR) is 43.9 cm³/mol. The number of alkyl halides is 2. The van der Waals surface area contributed by atoms with Crippen molar-refractivity contribution in [2.45, 2.75) is 25.3 Å². The van der Waals surface area contributed by atoms with Crippen LogP contribution in [0.25, 0.3) is 0 Å². The summed E-state index contributed by atoms with van der Waals surface area (Å²) in [6, 6.07) is -1.34. The smallest absolute Gasteiger partial charge is 0.322 e. The van der Waals surface area contributed by atoms with Crippen molar-refractivity contribution in [3.05, 3.63) is 0 Å². The maximum Gasteiger partial charge on any atom is 0.322 e. The normalized spacial score (nSPS) is 12.6. The monoisotopic (exact) mass is 210 g/mol. The van der Waals surface area contributed by atoms with Crippen molar-refractivity contribution < 1.29 is 23.5 Å². The third-order valence-electron chi connectivity index (χ3n) is 1.47. The molecule has 0 aliphatic heterocycles. The highest BCUT2D eigenvalue weighted by atomic mass is 19.3. The number of carboxylic acids is 1. The number of carboxylic acid groups (broad SMARTS) is 1. The van der Waals surface area contributed by atoms with E-state index in [1.807, 2.05) is 5.32 Å². The quantitative estimate of drug-likeness (QED) is 0.554. The molecule has 0 bridgehead atoms. The third-order valence-corrected chi connectivity index (χ3v) is 1.47. The molecule has 0 aromatic carbocycles. The summed E-state index contributed by atoms with van der Waals surface area (Å²) in [5, 5.41) is 10.2. The molecule has 4 N–H and O–H groups in total. The van der Waals surface area contributed by atoms with E-state index in [-0.39, 0.29) is 12.8 Å². The van der Waals surface area contributed by atoms with E-state index < -0.39 is 30.9 Å². The van der Waals surface area contributed by atoms with Gasteiger partial charge in [0.25, 0.3) is 6.43 Å². The van der Waals surface area contributed by atoms with Crippen LogP contribution in [0.3, 0.4) is 0 Å². The summed E-state index contributed by atoms with van der Waals surface area (Å²) in [4.78, 5) is 20.8. The minimum atomic E-state index is -2.66. The Balaban J connectivity index is 3.58. The fourth-order valence-electron chi connectivity index (χ4n) is 0.686. The van der Waals surface area contributed by atoms with Gasteiger partial charge < -0.3 is 16.2 Å². The molecule has 7 heteroatoms. The predicted octanol–water partition coefficient (Wildman–Crippen LogP) is -0.440. The second-order valence-electron chi connectivity index (χ2n) is 2.71. The first kappa shape index (κ1) is 12.8. The Kier molecular flexibility index (Phi) is 5.70. The summed E-state index contributed by atoms with van der Waals surface area (Å²) >= 11 is 0. The van der Waals surface area contributed by atoms with Gasteiger partial charge in [0, 0.05) is 6.42 Å². The SMILES string of the molecule is NC(CCC(=O)NCC(=O)O)C(F)F. The van der Waals surface area contributed by atoms with Gasteiger partial charge in [0.1, 0.15) is 6.54 Å². The molecule has 0 spiro atoms. The molecule has 0 aliphatic rings. The number of nitrogens with two attached hydrogens (primary N) is 1. The first-order valence-electron chi connectivity index (χ1n) is 3.95. The van der Waals surface area contributed by atoms with Crippen LogP contribution >= 0.6 is 0 Å². The van der Waals surface area contributed by atoms with Crippen molar-refractivity contribution in [2.75, 3.05) is 6.54 Å². The summed E-state index contributed by atoms with van der Waals surface area (Å²) in [6.07, 6.45) is -3.02. The van der Waals surface area contributed by atoms with Crippen LogP contribution in [0, 0.1) is 0 Å². The van der Waals surface area contributed by atoms with E-state index in [0.29, 0.717) is 0 Å². The Morgan fingerprint density at radius 2 is 2.00 bits per heavy atom. The van der Waals surface area contributed by atoms with E-state index in [9.17, 15) is 18.4 Å². The molecule has 0 aromatic heterocycles. The van der Waals surface area contributed by atoms with Crippen molar-refractivity contribution in [2.24, 2.45) is 5.73 Å². The summed E-state index contributed by atoms with van der Waals surface area (Å²) in [5.41, 5.74) is 4.97. The molecular weight excluding hydrogens is 198 g/mol. The Morgan fingerprint density at radius 3 is 2.43 bits per heavy atom. The van der Waals surface area contributed by atoms with Gasteiger partial charge in [-0.3, -0.25) is 9.59 Å². The van der Waals surface area contributed by atoms with E-state index in [0.717, 1.165) is 0 Å². The molecule has 0 saturated carbocycles. The first-order valence-corrected chi connectivity index (χ1v) is 3.95. The third kappa shape index (κ3) is 6.30. The molecule has 14 heavy (non-hydrogen) atoms. The topological polar surface area (TPSA) is 92.4 Å². The van der Waals surface area contributed by atoms with E-state index in [4.69, 9.17) is 10.8 Å². The largest absolute Gasteiger partial charge is 0.480 e. The number of nitrogens with one attached hydrogen (secondary N) is 1. The lowest BCUT2D eigenvalue weighted by atomic mass is 10.1. The zero-order valence-electron chi connectivity index (χ0n) is 7.37. The molecule has 0 aliphatic carbocycles. The van der Waals surface area contributed by atoms with E-state index in [1.165, 1.54) is 0 Å². The maximum atomic E-state index is 11.8. The number of aliphatic carboxylic acids is 1. The highest BCUT2D eigenvalue weighted by Gasteiger charge is 2.16. The highest BCUT2D eigenvalue weighted by molar-refractivity contribution is 5.81. The Hall–Kier alpha value is -1.24. The molecule has 0 radical (unpaired) electrons.